The molecule has 2 rings (SSSR count). The summed E-state index contributed by atoms with van der Waals surface area (Å²) >= 11 is 0. The zero-order valence-corrected chi connectivity index (χ0v) is 9.83. The molecular weight excluding hydrogens is 221 g/mol. The van der Waals surface area contributed by atoms with Crippen LogP contribution in [0.1, 0.15) is 30.9 Å². The maximum absolute atomic E-state index is 13.2. The Morgan fingerprint density at radius 1 is 1.59 bits per heavy atom. The van der Waals surface area contributed by atoms with E-state index < -0.39 is 5.54 Å². The van der Waals surface area contributed by atoms with Crippen LogP contribution < -0.4 is 5.73 Å². The first-order valence-electron chi connectivity index (χ1n) is 5.78. The molecule has 92 valence electrons. The van der Waals surface area contributed by atoms with Crippen molar-refractivity contribution in [3.05, 3.63) is 35.1 Å². The molecule has 0 aliphatic heterocycles. The van der Waals surface area contributed by atoms with E-state index in [1.54, 1.807) is 13.0 Å². The molecule has 1 aromatic rings. The van der Waals surface area contributed by atoms with Gasteiger partial charge in [0.2, 0.25) is 0 Å². The molecule has 1 aromatic carbocycles. The van der Waals surface area contributed by atoms with Gasteiger partial charge in [-0.1, -0.05) is 6.07 Å². The van der Waals surface area contributed by atoms with Gasteiger partial charge in [-0.3, -0.25) is 4.79 Å². The van der Waals surface area contributed by atoms with E-state index in [9.17, 15) is 9.18 Å². The van der Waals surface area contributed by atoms with Crippen molar-refractivity contribution in [1.82, 2.24) is 0 Å². The average Bonchev–Trinajstić information content (AvgIpc) is 2.57. The standard InChI is InChI=1S/C13H16FNO2/c1-2-17-12(16)8-13(15)6-5-9-3-4-10(14)7-11(9)13/h3-4,7H,2,5-6,8,15H2,1H3. The third kappa shape index (κ3) is 2.31. The van der Waals surface area contributed by atoms with Gasteiger partial charge in [-0.05, 0) is 43.0 Å². The number of carbonyl (C=O) groups is 1. The van der Waals surface area contributed by atoms with Crippen LogP contribution in [0.5, 0.6) is 0 Å². The predicted octanol–water partition coefficient (Wildman–Crippen LogP) is 1.88. The largest absolute Gasteiger partial charge is 0.466 e. The van der Waals surface area contributed by atoms with Crippen molar-refractivity contribution in [3.63, 3.8) is 0 Å². The van der Waals surface area contributed by atoms with Gasteiger partial charge in [0.15, 0.2) is 0 Å². The number of esters is 1. The fourth-order valence-electron chi connectivity index (χ4n) is 2.38. The molecule has 0 saturated carbocycles. The van der Waals surface area contributed by atoms with E-state index in [4.69, 9.17) is 10.5 Å². The summed E-state index contributed by atoms with van der Waals surface area (Å²) in [6.07, 6.45) is 1.55. The zero-order valence-electron chi connectivity index (χ0n) is 9.83. The molecule has 0 spiro atoms. The van der Waals surface area contributed by atoms with Crippen LogP contribution in [0.15, 0.2) is 18.2 Å². The first kappa shape index (κ1) is 12.0. The minimum Gasteiger partial charge on any atom is -0.466 e. The minimum absolute atomic E-state index is 0.108. The normalized spacial score (nSPS) is 22.3. The molecule has 3 nitrogen and oxygen atoms in total. The van der Waals surface area contributed by atoms with Gasteiger partial charge in [0.05, 0.1) is 18.6 Å². The Morgan fingerprint density at radius 2 is 2.35 bits per heavy atom. The average molecular weight is 237 g/mol. The number of carbonyl (C=O) groups excluding carboxylic acids is 1. The van der Waals surface area contributed by atoms with E-state index in [1.165, 1.54) is 12.1 Å². The van der Waals surface area contributed by atoms with Crippen molar-refractivity contribution in [2.24, 2.45) is 5.73 Å². The number of ether oxygens (including phenoxy) is 1. The summed E-state index contributed by atoms with van der Waals surface area (Å²) in [6, 6.07) is 4.60. The monoisotopic (exact) mass is 237 g/mol. The molecule has 0 fully saturated rings. The van der Waals surface area contributed by atoms with E-state index in [0.717, 1.165) is 17.5 Å². The van der Waals surface area contributed by atoms with Crippen molar-refractivity contribution in [1.29, 1.82) is 0 Å². The molecule has 17 heavy (non-hydrogen) atoms. The highest BCUT2D eigenvalue weighted by Crippen LogP contribution is 2.37. The molecule has 0 amide bonds. The lowest BCUT2D eigenvalue weighted by atomic mass is 9.89. The lowest BCUT2D eigenvalue weighted by Crippen LogP contribution is -2.37. The number of hydrogen-bond donors (Lipinski definition) is 1. The van der Waals surface area contributed by atoms with Gasteiger partial charge in [0, 0.05) is 0 Å². The molecule has 0 heterocycles. The second-order valence-electron chi connectivity index (χ2n) is 4.44. The van der Waals surface area contributed by atoms with Gasteiger partial charge >= 0.3 is 5.97 Å². The predicted molar refractivity (Wildman–Crippen MR) is 61.8 cm³/mol. The fraction of sp³-hybridized carbons (Fsp3) is 0.462. The molecule has 1 aliphatic rings. The maximum atomic E-state index is 13.2. The first-order valence-corrected chi connectivity index (χ1v) is 5.78. The summed E-state index contributed by atoms with van der Waals surface area (Å²) in [5.41, 5.74) is 7.20. The van der Waals surface area contributed by atoms with E-state index in [1.807, 2.05) is 0 Å². The quantitative estimate of drug-likeness (QED) is 0.817. The molecule has 0 saturated heterocycles. The third-order valence-electron chi connectivity index (χ3n) is 3.21. The van der Waals surface area contributed by atoms with Gasteiger partial charge in [-0.2, -0.15) is 0 Å². The maximum Gasteiger partial charge on any atom is 0.307 e. The van der Waals surface area contributed by atoms with Crippen LogP contribution in [0.25, 0.3) is 0 Å². The highest BCUT2D eigenvalue weighted by molar-refractivity contribution is 5.71. The second kappa shape index (κ2) is 4.45. The number of rotatable bonds is 3. The molecule has 0 aromatic heterocycles. The summed E-state index contributed by atoms with van der Waals surface area (Å²) in [7, 11) is 0. The van der Waals surface area contributed by atoms with Crippen molar-refractivity contribution < 1.29 is 13.9 Å². The Balaban J connectivity index is 2.24. The van der Waals surface area contributed by atoms with E-state index >= 15 is 0 Å². The van der Waals surface area contributed by atoms with Crippen LogP contribution in [0.4, 0.5) is 4.39 Å². The van der Waals surface area contributed by atoms with Gasteiger partial charge < -0.3 is 10.5 Å². The first-order chi connectivity index (χ1) is 8.05. The van der Waals surface area contributed by atoms with Gasteiger partial charge in [-0.25, -0.2) is 4.39 Å². The molecule has 4 heteroatoms. The molecule has 2 N–H and O–H groups in total. The van der Waals surface area contributed by atoms with Crippen LogP contribution in [-0.2, 0) is 21.5 Å². The van der Waals surface area contributed by atoms with Crippen molar-refractivity contribution in [3.8, 4) is 0 Å². The van der Waals surface area contributed by atoms with Gasteiger partial charge in [0.25, 0.3) is 0 Å². The number of nitrogens with two attached hydrogens (primary N) is 1. The topological polar surface area (TPSA) is 52.3 Å². The minimum atomic E-state index is -0.774. The van der Waals surface area contributed by atoms with Crippen molar-refractivity contribution in [2.45, 2.75) is 31.7 Å². The summed E-state index contributed by atoms with van der Waals surface area (Å²) < 4.78 is 18.1. The highest BCUT2D eigenvalue weighted by atomic mass is 19.1. The number of halogens is 1. The molecule has 1 unspecified atom stereocenters. The van der Waals surface area contributed by atoms with Crippen LogP contribution in [-0.4, -0.2) is 12.6 Å². The molecular formula is C13H16FNO2. The van der Waals surface area contributed by atoms with Crippen molar-refractivity contribution >= 4 is 5.97 Å². The molecule has 1 atom stereocenters. The van der Waals surface area contributed by atoms with Gasteiger partial charge in [-0.15, -0.1) is 0 Å². The number of aryl methyl sites for hydroxylation is 1. The highest BCUT2D eigenvalue weighted by Gasteiger charge is 2.37. The number of benzene rings is 1. The lowest BCUT2D eigenvalue weighted by molar-refractivity contribution is -0.144. The SMILES string of the molecule is CCOC(=O)CC1(N)CCc2ccc(F)cc21. The second-order valence-corrected chi connectivity index (χ2v) is 4.44. The summed E-state index contributed by atoms with van der Waals surface area (Å²) in [4.78, 5) is 11.5. The number of fused-ring (bicyclic) bond motifs is 1. The fourth-order valence-corrected chi connectivity index (χ4v) is 2.38. The van der Waals surface area contributed by atoms with E-state index in [0.29, 0.717) is 13.0 Å². The Hall–Kier alpha value is -1.42. The third-order valence-corrected chi connectivity index (χ3v) is 3.21. The Kier molecular flexibility index (Phi) is 3.15. The van der Waals surface area contributed by atoms with E-state index in [2.05, 4.69) is 0 Å². The van der Waals surface area contributed by atoms with Crippen LogP contribution in [0.2, 0.25) is 0 Å². The van der Waals surface area contributed by atoms with E-state index in [-0.39, 0.29) is 18.2 Å². The van der Waals surface area contributed by atoms with Crippen LogP contribution in [0, 0.1) is 5.82 Å². The Labute approximate surface area is 99.8 Å². The zero-order chi connectivity index (χ0) is 12.5. The molecule has 0 bridgehead atoms. The number of hydrogen-bond acceptors (Lipinski definition) is 3. The Bertz CT molecular complexity index is 447. The lowest BCUT2D eigenvalue weighted by Gasteiger charge is -2.24. The molecule has 0 radical (unpaired) electrons. The smallest absolute Gasteiger partial charge is 0.307 e. The van der Waals surface area contributed by atoms with Crippen LogP contribution >= 0.6 is 0 Å². The Morgan fingerprint density at radius 3 is 3.06 bits per heavy atom. The van der Waals surface area contributed by atoms with Gasteiger partial charge in [0.1, 0.15) is 5.82 Å². The van der Waals surface area contributed by atoms with Crippen LogP contribution in [0.3, 0.4) is 0 Å². The summed E-state index contributed by atoms with van der Waals surface area (Å²) in [5.74, 6) is -0.642. The van der Waals surface area contributed by atoms with Crippen molar-refractivity contribution in [2.75, 3.05) is 6.61 Å². The summed E-state index contributed by atoms with van der Waals surface area (Å²) in [6.45, 7) is 2.09. The molecule has 1 aliphatic carbocycles. The summed E-state index contributed by atoms with van der Waals surface area (Å²) in [5, 5.41) is 0.